The highest BCUT2D eigenvalue weighted by atomic mass is 35.5. The fourth-order valence-corrected chi connectivity index (χ4v) is 1.65. The summed E-state index contributed by atoms with van der Waals surface area (Å²) in [5.74, 6) is 0.517. The first-order chi connectivity index (χ1) is 4.33. The Hall–Kier alpha value is -0.220. The van der Waals surface area contributed by atoms with Crippen molar-refractivity contribution in [2.75, 3.05) is 5.88 Å². The Labute approximate surface area is 60.6 Å². The van der Waals surface area contributed by atoms with Crippen molar-refractivity contribution in [2.45, 2.75) is 25.7 Å². The number of nitriles is 1. The maximum Gasteiger partial charge on any atom is 0.0709 e. The highest BCUT2D eigenvalue weighted by Gasteiger charge is 2.32. The molecular formula is C7H10ClN. The Bertz CT molecular complexity index is 130. The van der Waals surface area contributed by atoms with Gasteiger partial charge in [0.05, 0.1) is 11.5 Å². The fraction of sp³-hybridized carbons (Fsp3) is 0.857. The van der Waals surface area contributed by atoms with E-state index in [0.29, 0.717) is 5.88 Å². The molecule has 0 bridgehead atoms. The lowest BCUT2D eigenvalue weighted by Crippen LogP contribution is -2.14. The minimum Gasteiger partial charge on any atom is -0.198 e. The first kappa shape index (κ1) is 6.89. The van der Waals surface area contributed by atoms with Gasteiger partial charge < -0.3 is 0 Å². The highest BCUT2D eigenvalue weighted by Crippen LogP contribution is 2.38. The monoisotopic (exact) mass is 143 g/mol. The largest absolute Gasteiger partial charge is 0.198 e. The number of halogens is 1. The lowest BCUT2D eigenvalue weighted by Gasteiger charge is -2.14. The van der Waals surface area contributed by atoms with Crippen LogP contribution >= 0.6 is 11.6 Å². The Kier molecular flexibility index (Phi) is 1.97. The standard InChI is InChI=1S/C7H10ClN/c8-5-7(6-9)3-1-2-4-7/h1-5H2. The molecule has 1 rings (SSSR count). The van der Waals surface area contributed by atoms with E-state index in [0.717, 1.165) is 12.8 Å². The molecule has 1 nitrogen and oxygen atoms in total. The molecule has 9 heavy (non-hydrogen) atoms. The van der Waals surface area contributed by atoms with Gasteiger partial charge in [-0.1, -0.05) is 12.8 Å². The lowest BCUT2D eigenvalue weighted by molar-refractivity contribution is 0.469. The minimum absolute atomic E-state index is 0.151. The summed E-state index contributed by atoms with van der Waals surface area (Å²) < 4.78 is 0. The van der Waals surface area contributed by atoms with E-state index in [2.05, 4.69) is 6.07 Å². The zero-order valence-corrected chi connectivity index (χ0v) is 6.12. The SMILES string of the molecule is N#CC1(CCl)CCCC1. The van der Waals surface area contributed by atoms with E-state index in [1.165, 1.54) is 12.8 Å². The summed E-state index contributed by atoms with van der Waals surface area (Å²) in [4.78, 5) is 0. The summed E-state index contributed by atoms with van der Waals surface area (Å²) in [6, 6.07) is 2.30. The number of hydrogen-bond donors (Lipinski definition) is 0. The molecule has 0 aromatic rings. The van der Waals surface area contributed by atoms with Gasteiger partial charge in [-0.25, -0.2) is 0 Å². The Morgan fingerprint density at radius 2 is 2.00 bits per heavy atom. The van der Waals surface area contributed by atoms with Crippen molar-refractivity contribution in [1.29, 1.82) is 5.26 Å². The molecule has 0 heterocycles. The van der Waals surface area contributed by atoms with Crippen LogP contribution in [0.15, 0.2) is 0 Å². The molecule has 0 saturated heterocycles. The first-order valence-electron chi connectivity index (χ1n) is 3.30. The summed E-state index contributed by atoms with van der Waals surface area (Å²) in [5, 5.41) is 8.68. The third kappa shape index (κ3) is 1.19. The van der Waals surface area contributed by atoms with Crippen LogP contribution < -0.4 is 0 Å². The van der Waals surface area contributed by atoms with Gasteiger partial charge in [-0.05, 0) is 12.8 Å². The van der Waals surface area contributed by atoms with Crippen LogP contribution in [0, 0.1) is 16.7 Å². The average molecular weight is 144 g/mol. The van der Waals surface area contributed by atoms with E-state index in [4.69, 9.17) is 16.9 Å². The van der Waals surface area contributed by atoms with Crippen LogP contribution in [0.3, 0.4) is 0 Å². The van der Waals surface area contributed by atoms with Gasteiger partial charge in [-0.2, -0.15) is 5.26 Å². The Morgan fingerprint density at radius 3 is 2.22 bits per heavy atom. The van der Waals surface area contributed by atoms with Crippen LogP contribution in [0.2, 0.25) is 0 Å². The molecule has 1 aliphatic rings. The second-order valence-electron chi connectivity index (χ2n) is 2.73. The predicted octanol–water partition coefficient (Wildman–Crippen LogP) is 2.31. The molecule has 1 saturated carbocycles. The number of nitrogens with zero attached hydrogens (tertiary/aromatic N) is 1. The Morgan fingerprint density at radius 1 is 1.44 bits per heavy atom. The molecule has 0 spiro atoms. The zero-order chi connectivity index (χ0) is 6.74. The molecule has 1 fully saturated rings. The van der Waals surface area contributed by atoms with Crippen molar-refractivity contribution in [3.63, 3.8) is 0 Å². The van der Waals surface area contributed by atoms with Gasteiger partial charge in [0, 0.05) is 5.88 Å². The summed E-state index contributed by atoms with van der Waals surface area (Å²) in [6.45, 7) is 0. The van der Waals surface area contributed by atoms with Gasteiger partial charge in [0.25, 0.3) is 0 Å². The summed E-state index contributed by atoms with van der Waals surface area (Å²) in [6.07, 6.45) is 4.38. The van der Waals surface area contributed by atoms with Crippen LogP contribution in [-0.4, -0.2) is 5.88 Å². The first-order valence-corrected chi connectivity index (χ1v) is 3.84. The Balaban J connectivity index is 2.59. The third-order valence-corrected chi connectivity index (χ3v) is 2.57. The normalized spacial score (nSPS) is 23.6. The second-order valence-corrected chi connectivity index (χ2v) is 3.00. The number of hydrogen-bond acceptors (Lipinski definition) is 1. The molecular weight excluding hydrogens is 134 g/mol. The molecule has 0 aliphatic heterocycles. The van der Waals surface area contributed by atoms with E-state index < -0.39 is 0 Å². The molecule has 0 atom stereocenters. The van der Waals surface area contributed by atoms with Gasteiger partial charge in [0.15, 0.2) is 0 Å². The van der Waals surface area contributed by atoms with E-state index in [1.807, 2.05) is 0 Å². The lowest BCUT2D eigenvalue weighted by atomic mass is 9.91. The van der Waals surface area contributed by atoms with Crippen LogP contribution in [0.4, 0.5) is 0 Å². The number of alkyl halides is 1. The van der Waals surface area contributed by atoms with Gasteiger partial charge in [-0.15, -0.1) is 11.6 Å². The minimum atomic E-state index is -0.151. The van der Waals surface area contributed by atoms with Gasteiger partial charge >= 0.3 is 0 Å². The van der Waals surface area contributed by atoms with Gasteiger partial charge in [0.2, 0.25) is 0 Å². The second kappa shape index (κ2) is 2.58. The number of rotatable bonds is 1. The smallest absolute Gasteiger partial charge is 0.0709 e. The van der Waals surface area contributed by atoms with E-state index in [9.17, 15) is 0 Å². The van der Waals surface area contributed by atoms with Crippen LogP contribution in [0.1, 0.15) is 25.7 Å². The average Bonchev–Trinajstić information content (AvgIpc) is 2.36. The molecule has 0 amide bonds. The molecule has 0 aromatic carbocycles. The molecule has 2 heteroatoms. The molecule has 0 unspecified atom stereocenters. The summed E-state index contributed by atoms with van der Waals surface area (Å²) in [5.41, 5.74) is -0.151. The van der Waals surface area contributed by atoms with Crippen LogP contribution in [0.25, 0.3) is 0 Å². The summed E-state index contributed by atoms with van der Waals surface area (Å²) >= 11 is 5.64. The fourth-order valence-electron chi connectivity index (χ4n) is 1.33. The van der Waals surface area contributed by atoms with Gasteiger partial charge in [-0.3, -0.25) is 0 Å². The maximum absolute atomic E-state index is 8.68. The molecule has 0 N–H and O–H groups in total. The van der Waals surface area contributed by atoms with E-state index in [1.54, 1.807) is 0 Å². The van der Waals surface area contributed by atoms with Crippen molar-refractivity contribution in [3.8, 4) is 6.07 Å². The zero-order valence-electron chi connectivity index (χ0n) is 5.36. The molecule has 50 valence electrons. The van der Waals surface area contributed by atoms with E-state index in [-0.39, 0.29) is 5.41 Å². The maximum atomic E-state index is 8.68. The van der Waals surface area contributed by atoms with E-state index >= 15 is 0 Å². The predicted molar refractivity (Wildman–Crippen MR) is 37.2 cm³/mol. The molecule has 1 aliphatic carbocycles. The van der Waals surface area contributed by atoms with Crippen molar-refractivity contribution in [3.05, 3.63) is 0 Å². The summed E-state index contributed by atoms with van der Waals surface area (Å²) in [7, 11) is 0. The topological polar surface area (TPSA) is 23.8 Å². The van der Waals surface area contributed by atoms with Crippen LogP contribution in [0.5, 0.6) is 0 Å². The third-order valence-electron chi connectivity index (χ3n) is 2.05. The van der Waals surface area contributed by atoms with Crippen molar-refractivity contribution in [2.24, 2.45) is 5.41 Å². The van der Waals surface area contributed by atoms with Crippen molar-refractivity contribution < 1.29 is 0 Å². The molecule has 0 radical (unpaired) electrons. The molecule has 0 aromatic heterocycles. The highest BCUT2D eigenvalue weighted by molar-refractivity contribution is 6.18. The van der Waals surface area contributed by atoms with Crippen LogP contribution in [-0.2, 0) is 0 Å². The van der Waals surface area contributed by atoms with Crippen molar-refractivity contribution >= 4 is 11.6 Å². The van der Waals surface area contributed by atoms with Gasteiger partial charge in [0.1, 0.15) is 0 Å². The van der Waals surface area contributed by atoms with Crippen molar-refractivity contribution in [1.82, 2.24) is 0 Å². The quantitative estimate of drug-likeness (QED) is 0.517.